The maximum absolute atomic E-state index is 10.6. The normalized spacial score (nSPS) is 26.4. The van der Waals surface area contributed by atoms with Gasteiger partial charge in [-0.25, -0.2) is 4.79 Å². The standard InChI is InChI=1S/C11H22N2O3/c1-11(2,13-10(14)15)6-8-7-12-5-4-9(8)16-3/h8-9,12-13H,4-7H2,1-3H3,(H,14,15)/t8-,9-/m1/s1. The molecule has 1 heterocycles. The molecule has 3 N–H and O–H groups in total. The second-order valence-electron chi connectivity index (χ2n) is 5.05. The summed E-state index contributed by atoms with van der Waals surface area (Å²) < 4.78 is 5.44. The highest BCUT2D eigenvalue weighted by Crippen LogP contribution is 2.24. The largest absolute Gasteiger partial charge is 0.465 e. The van der Waals surface area contributed by atoms with Gasteiger partial charge in [0, 0.05) is 19.2 Å². The minimum atomic E-state index is -0.970. The first kappa shape index (κ1) is 13.3. The molecule has 1 aliphatic rings. The van der Waals surface area contributed by atoms with Crippen LogP contribution in [-0.4, -0.2) is 43.0 Å². The number of methoxy groups -OCH3 is 1. The van der Waals surface area contributed by atoms with E-state index in [0.29, 0.717) is 5.92 Å². The molecule has 0 aromatic carbocycles. The van der Waals surface area contributed by atoms with Gasteiger partial charge < -0.3 is 20.5 Å². The molecular weight excluding hydrogens is 208 g/mol. The van der Waals surface area contributed by atoms with E-state index in [1.54, 1.807) is 7.11 Å². The Morgan fingerprint density at radius 3 is 2.88 bits per heavy atom. The van der Waals surface area contributed by atoms with Gasteiger partial charge >= 0.3 is 6.09 Å². The van der Waals surface area contributed by atoms with Gasteiger partial charge in [-0.05, 0) is 39.2 Å². The van der Waals surface area contributed by atoms with E-state index in [4.69, 9.17) is 9.84 Å². The Morgan fingerprint density at radius 2 is 2.31 bits per heavy atom. The highest BCUT2D eigenvalue weighted by atomic mass is 16.5. The van der Waals surface area contributed by atoms with Crippen molar-refractivity contribution in [1.82, 2.24) is 10.6 Å². The van der Waals surface area contributed by atoms with E-state index in [2.05, 4.69) is 10.6 Å². The number of rotatable bonds is 4. The van der Waals surface area contributed by atoms with Crippen LogP contribution in [0.4, 0.5) is 4.79 Å². The number of piperidine rings is 1. The third-order valence-corrected chi connectivity index (χ3v) is 3.06. The van der Waals surface area contributed by atoms with Gasteiger partial charge in [0.05, 0.1) is 6.10 Å². The molecule has 1 saturated heterocycles. The Balaban J connectivity index is 2.52. The van der Waals surface area contributed by atoms with Crippen molar-refractivity contribution in [2.45, 2.75) is 38.3 Å². The molecule has 16 heavy (non-hydrogen) atoms. The van der Waals surface area contributed by atoms with Crippen LogP contribution in [0.5, 0.6) is 0 Å². The van der Waals surface area contributed by atoms with E-state index in [1.807, 2.05) is 13.8 Å². The number of hydrogen-bond acceptors (Lipinski definition) is 3. The van der Waals surface area contributed by atoms with Crippen LogP contribution in [0.3, 0.4) is 0 Å². The number of carbonyl (C=O) groups is 1. The number of carboxylic acid groups (broad SMARTS) is 1. The summed E-state index contributed by atoms with van der Waals surface area (Å²) in [6.45, 7) is 5.68. The van der Waals surface area contributed by atoms with Crippen molar-refractivity contribution in [2.24, 2.45) is 5.92 Å². The summed E-state index contributed by atoms with van der Waals surface area (Å²) in [5.41, 5.74) is -0.410. The molecule has 1 aliphatic heterocycles. The van der Waals surface area contributed by atoms with Gasteiger partial charge in [-0.3, -0.25) is 0 Å². The molecule has 5 heteroatoms. The monoisotopic (exact) mass is 230 g/mol. The summed E-state index contributed by atoms with van der Waals surface area (Å²) in [7, 11) is 1.72. The minimum absolute atomic E-state index is 0.233. The molecule has 0 radical (unpaired) electrons. The first-order valence-electron chi connectivity index (χ1n) is 5.69. The molecule has 1 rings (SSSR count). The summed E-state index contributed by atoms with van der Waals surface area (Å²) >= 11 is 0. The summed E-state index contributed by atoms with van der Waals surface area (Å²) in [6, 6.07) is 0. The topological polar surface area (TPSA) is 70.6 Å². The summed E-state index contributed by atoms with van der Waals surface area (Å²) in [4.78, 5) is 10.6. The Hall–Kier alpha value is -0.810. The first-order valence-corrected chi connectivity index (χ1v) is 5.69. The first-order chi connectivity index (χ1) is 7.44. The predicted octanol–water partition coefficient (Wildman–Crippen LogP) is 1.05. The van der Waals surface area contributed by atoms with Crippen LogP contribution >= 0.6 is 0 Å². The Bertz CT molecular complexity index is 243. The SMILES string of the molecule is CO[C@@H]1CCNC[C@H]1CC(C)(C)NC(=O)O. The van der Waals surface area contributed by atoms with Crippen LogP contribution < -0.4 is 10.6 Å². The van der Waals surface area contributed by atoms with Gasteiger partial charge in [-0.2, -0.15) is 0 Å². The molecule has 0 saturated carbocycles. The van der Waals surface area contributed by atoms with Crippen molar-refractivity contribution >= 4 is 6.09 Å². The van der Waals surface area contributed by atoms with Crippen LogP contribution in [0.25, 0.3) is 0 Å². The number of ether oxygens (including phenoxy) is 1. The van der Waals surface area contributed by atoms with E-state index >= 15 is 0 Å². The molecule has 1 fully saturated rings. The van der Waals surface area contributed by atoms with Crippen molar-refractivity contribution < 1.29 is 14.6 Å². The van der Waals surface area contributed by atoms with Gasteiger partial charge in [0.1, 0.15) is 0 Å². The molecule has 0 spiro atoms. The molecule has 5 nitrogen and oxygen atoms in total. The fourth-order valence-corrected chi connectivity index (χ4v) is 2.41. The fourth-order valence-electron chi connectivity index (χ4n) is 2.41. The van der Waals surface area contributed by atoms with Crippen LogP contribution in [0.2, 0.25) is 0 Å². The zero-order valence-electron chi connectivity index (χ0n) is 10.2. The van der Waals surface area contributed by atoms with Gasteiger partial charge in [-0.15, -0.1) is 0 Å². The molecule has 0 aliphatic carbocycles. The highest BCUT2D eigenvalue weighted by Gasteiger charge is 2.31. The average molecular weight is 230 g/mol. The zero-order chi connectivity index (χ0) is 12.2. The third-order valence-electron chi connectivity index (χ3n) is 3.06. The molecule has 2 atom stereocenters. The van der Waals surface area contributed by atoms with Crippen LogP contribution in [-0.2, 0) is 4.74 Å². The molecule has 0 aromatic heterocycles. The van der Waals surface area contributed by atoms with Crippen LogP contribution in [0.1, 0.15) is 26.7 Å². The molecule has 94 valence electrons. The zero-order valence-corrected chi connectivity index (χ0v) is 10.2. The lowest BCUT2D eigenvalue weighted by Gasteiger charge is -2.36. The van der Waals surface area contributed by atoms with Crippen molar-refractivity contribution in [3.8, 4) is 0 Å². The van der Waals surface area contributed by atoms with Gasteiger partial charge in [0.25, 0.3) is 0 Å². The molecule has 1 amide bonds. The number of hydrogen-bond donors (Lipinski definition) is 3. The van der Waals surface area contributed by atoms with E-state index < -0.39 is 11.6 Å². The predicted molar refractivity (Wildman–Crippen MR) is 61.6 cm³/mol. The average Bonchev–Trinajstić information content (AvgIpc) is 2.15. The van der Waals surface area contributed by atoms with Gasteiger partial charge in [-0.1, -0.05) is 0 Å². The maximum Gasteiger partial charge on any atom is 0.405 e. The van der Waals surface area contributed by atoms with E-state index in [9.17, 15) is 4.79 Å². The summed E-state index contributed by atoms with van der Waals surface area (Å²) in [5, 5.41) is 14.6. The fraction of sp³-hybridized carbons (Fsp3) is 0.909. The lowest BCUT2D eigenvalue weighted by molar-refractivity contribution is 0.0184. The quantitative estimate of drug-likeness (QED) is 0.675. The number of amides is 1. The Morgan fingerprint density at radius 1 is 1.62 bits per heavy atom. The lowest BCUT2D eigenvalue weighted by atomic mass is 9.84. The second-order valence-corrected chi connectivity index (χ2v) is 5.05. The Labute approximate surface area is 96.6 Å². The summed E-state index contributed by atoms with van der Waals surface area (Å²) in [5.74, 6) is 0.362. The van der Waals surface area contributed by atoms with E-state index in [1.165, 1.54) is 0 Å². The molecule has 0 bridgehead atoms. The Kier molecular flexibility index (Phi) is 4.56. The van der Waals surface area contributed by atoms with Crippen molar-refractivity contribution in [3.63, 3.8) is 0 Å². The van der Waals surface area contributed by atoms with Gasteiger partial charge in [0.2, 0.25) is 0 Å². The van der Waals surface area contributed by atoms with Gasteiger partial charge in [0.15, 0.2) is 0 Å². The molecule has 0 unspecified atom stereocenters. The molecular formula is C11H22N2O3. The van der Waals surface area contributed by atoms with Crippen LogP contribution in [0, 0.1) is 5.92 Å². The maximum atomic E-state index is 10.6. The van der Waals surface area contributed by atoms with Crippen molar-refractivity contribution in [1.29, 1.82) is 0 Å². The third kappa shape index (κ3) is 3.98. The number of nitrogens with one attached hydrogen (secondary N) is 2. The lowest BCUT2D eigenvalue weighted by Crippen LogP contribution is -2.49. The minimum Gasteiger partial charge on any atom is -0.465 e. The summed E-state index contributed by atoms with van der Waals surface area (Å²) in [6.07, 6.45) is 1.04. The van der Waals surface area contributed by atoms with E-state index in [-0.39, 0.29) is 6.10 Å². The smallest absolute Gasteiger partial charge is 0.405 e. The van der Waals surface area contributed by atoms with E-state index in [0.717, 1.165) is 25.9 Å². The molecule has 0 aromatic rings. The second kappa shape index (κ2) is 5.50. The van der Waals surface area contributed by atoms with Crippen molar-refractivity contribution in [2.75, 3.05) is 20.2 Å². The van der Waals surface area contributed by atoms with Crippen LogP contribution in [0.15, 0.2) is 0 Å². The van der Waals surface area contributed by atoms with Crippen molar-refractivity contribution in [3.05, 3.63) is 0 Å². The highest BCUT2D eigenvalue weighted by molar-refractivity contribution is 5.65.